The number of nitrogens with zero attached hydrogens (tertiary/aromatic N) is 1. The highest BCUT2D eigenvalue weighted by atomic mass is 35.5. The Balaban J connectivity index is 2.27. The Hall–Kier alpha value is -2.44. The molecule has 7 heteroatoms. The van der Waals surface area contributed by atoms with Crippen LogP contribution in [0.5, 0.6) is 0 Å². The van der Waals surface area contributed by atoms with Crippen LogP contribution in [0.4, 0.5) is 17.6 Å². The molecule has 0 saturated carbocycles. The first-order valence-corrected chi connectivity index (χ1v) is 10.3. The van der Waals surface area contributed by atoms with Crippen LogP contribution in [0.1, 0.15) is 36.2 Å². The van der Waals surface area contributed by atoms with Crippen molar-refractivity contribution in [1.29, 1.82) is 0 Å². The minimum Gasteiger partial charge on any atom is -0.302 e. The van der Waals surface area contributed by atoms with Crippen molar-refractivity contribution in [2.24, 2.45) is 5.92 Å². The van der Waals surface area contributed by atoms with Gasteiger partial charge in [0.05, 0.1) is 21.8 Å². The molecule has 2 aromatic carbocycles. The van der Waals surface area contributed by atoms with Crippen molar-refractivity contribution < 1.29 is 17.6 Å². The van der Waals surface area contributed by atoms with E-state index < -0.39 is 23.1 Å². The summed E-state index contributed by atoms with van der Waals surface area (Å²) in [7, 11) is 0. The molecule has 1 heterocycles. The van der Waals surface area contributed by atoms with Gasteiger partial charge in [-0.25, -0.2) is 4.39 Å². The molecule has 0 spiro atoms. The topological polar surface area (TPSA) is 24.9 Å². The number of halogens is 5. The number of aromatic nitrogens is 1. The van der Waals surface area contributed by atoms with Crippen LogP contribution in [0, 0.1) is 11.7 Å². The summed E-state index contributed by atoms with van der Waals surface area (Å²) in [6, 6.07) is 15.3. The first-order valence-electron chi connectivity index (χ1n) is 9.89. The molecule has 164 valence electrons. The fourth-order valence-corrected chi connectivity index (χ4v) is 3.62. The van der Waals surface area contributed by atoms with Crippen LogP contribution in [-0.2, 0) is 18.1 Å². The lowest BCUT2D eigenvalue weighted by molar-refractivity contribution is -0.137. The van der Waals surface area contributed by atoms with Gasteiger partial charge < -0.3 is 5.32 Å². The number of rotatable bonds is 7. The highest BCUT2D eigenvalue weighted by Gasteiger charge is 2.39. The van der Waals surface area contributed by atoms with Crippen LogP contribution in [0.15, 0.2) is 66.9 Å². The summed E-state index contributed by atoms with van der Waals surface area (Å²) in [6.07, 6.45) is -2.96. The van der Waals surface area contributed by atoms with E-state index >= 15 is 0 Å². The minimum atomic E-state index is -4.68. The maximum absolute atomic E-state index is 14.4. The van der Waals surface area contributed by atoms with Crippen molar-refractivity contribution in [2.45, 2.75) is 32.0 Å². The lowest BCUT2D eigenvalue weighted by Gasteiger charge is -2.37. The van der Waals surface area contributed by atoms with Gasteiger partial charge in [-0.1, -0.05) is 55.8 Å². The maximum Gasteiger partial charge on any atom is 0.416 e. The van der Waals surface area contributed by atoms with E-state index in [1.165, 1.54) is 6.20 Å². The van der Waals surface area contributed by atoms with Gasteiger partial charge in [-0.05, 0) is 53.9 Å². The average molecular weight is 451 g/mol. The van der Waals surface area contributed by atoms with Crippen LogP contribution in [0.3, 0.4) is 0 Å². The molecule has 1 atom stereocenters. The molecule has 1 aromatic heterocycles. The second-order valence-electron chi connectivity index (χ2n) is 7.93. The van der Waals surface area contributed by atoms with Crippen LogP contribution < -0.4 is 5.32 Å². The van der Waals surface area contributed by atoms with Gasteiger partial charge in [0.25, 0.3) is 0 Å². The third-order valence-electron chi connectivity index (χ3n) is 5.01. The predicted molar refractivity (Wildman–Crippen MR) is 114 cm³/mol. The largest absolute Gasteiger partial charge is 0.416 e. The highest BCUT2D eigenvalue weighted by Crippen LogP contribution is 2.37. The standard InChI is InChI=1S/C24H23ClF4N2/c1-16(2)14-31-23(13-17-6-4-3-5-7-17,22-9-8-20(25)15-30-22)18-10-19(24(27,28)29)12-21(26)11-18/h3-12,15-16,31H,13-14H2,1-2H3. The van der Waals surface area contributed by atoms with Gasteiger partial charge >= 0.3 is 6.18 Å². The summed E-state index contributed by atoms with van der Waals surface area (Å²) < 4.78 is 55.0. The summed E-state index contributed by atoms with van der Waals surface area (Å²) >= 11 is 6.01. The summed E-state index contributed by atoms with van der Waals surface area (Å²) in [5, 5.41) is 3.80. The first-order chi connectivity index (χ1) is 14.6. The Morgan fingerprint density at radius 1 is 0.968 bits per heavy atom. The number of pyridine rings is 1. The Bertz CT molecular complexity index is 1000. The SMILES string of the molecule is CC(C)CNC(Cc1ccccc1)(c1cc(F)cc(C(F)(F)F)c1)c1ccc(Cl)cn1. The Morgan fingerprint density at radius 2 is 1.65 bits per heavy atom. The van der Waals surface area contributed by atoms with Crippen molar-refractivity contribution in [2.75, 3.05) is 6.54 Å². The molecule has 0 amide bonds. The molecule has 0 fully saturated rings. The normalized spacial score (nSPS) is 13.9. The lowest BCUT2D eigenvalue weighted by Crippen LogP contribution is -2.47. The zero-order valence-electron chi connectivity index (χ0n) is 17.2. The molecule has 0 radical (unpaired) electrons. The van der Waals surface area contributed by atoms with E-state index in [1.54, 1.807) is 12.1 Å². The van der Waals surface area contributed by atoms with E-state index in [1.807, 2.05) is 44.2 Å². The minimum absolute atomic E-state index is 0.152. The van der Waals surface area contributed by atoms with Crippen LogP contribution >= 0.6 is 11.6 Å². The number of hydrogen-bond donors (Lipinski definition) is 1. The van der Waals surface area contributed by atoms with E-state index in [4.69, 9.17) is 11.6 Å². The molecule has 1 unspecified atom stereocenters. The van der Waals surface area contributed by atoms with E-state index in [0.717, 1.165) is 17.7 Å². The summed E-state index contributed by atoms with van der Waals surface area (Å²) in [6.45, 7) is 4.46. The molecule has 0 aliphatic heterocycles. The van der Waals surface area contributed by atoms with Gasteiger partial charge in [-0.2, -0.15) is 13.2 Å². The van der Waals surface area contributed by atoms with Crippen molar-refractivity contribution in [1.82, 2.24) is 10.3 Å². The smallest absolute Gasteiger partial charge is 0.302 e. The van der Waals surface area contributed by atoms with Gasteiger partial charge in [0.1, 0.15) is 5.82 Å². The monoisotopic (exact) mass is 450 g/mol. The van der Waals surface area contributed by atoms with Crippen LogP contribution in [-0.4, -0.2) is 11.5 Å². The van der Waals surface area contributed by atoms with Gasteiger partial charge in [-0.15, -0.1) is 0 Å². The zero-order chi connectivity index (χ0) is 22.6. The van der Waals surface area contributed by atoms with Crippen molar-refractivity contribution in [3.8, 4) is 0 Å². The van der Waals surface area contributed by atoms with E-state index in [0.29, 0.717) is 23.3 Å². The Morgan fingerprint density at radius 3 is 2.23 bits per heavy atom. The molecular weight excluding hydrogens is 428 g/mol. The molecule has 0 aliphatic rings. The quantitative estimate of drug-likeness (QED) is 0.409. The van der Waals surface area contributed by atoms with E-state index in [-0.39, 0.29) is 17.9 Å². The molecule has 3 rings (SSSR count). The zero-order valence-corrected chi connectivity index (χ0v) is 17.9. The molecule has 1 N–H and O–H groups in total. The summed E-state index contributed by atoms with van der Waals surface area (Å²) in [4.78, 5) is 4.42. The molecule has 0 saturated heterocycles. The fourth-order valence-electron chi connectivity index (χ4n) is 3.50. The van der Waals surface area contributed by atoms with Crippen LogP contribution in [0.2, 0.25) is 5.02 Å². The van der Waals surface area contributed by atoms with Crippen molar-refractivity contribution in [3.63, 3.8) is 0 Å². The van der Waals surface area contributed by atoms with Crippen molar-refractivity contribution in [3.05, 3.63) is 100 Å². The van der Waals surface area contributed by atoms with Gasteiger partial charge in [0.15, 0.2) is 0 Å². The van der Waals surface area contributed by atoms with Gasteiger partial charge in [0.2, 0.25) is 0 Å². The van der Waals surface area contributed by atoms with Gasteiger partial charge in [-0.3, -0.25) is 4.98 Å². The average Bonchev–Trinajstić information content (AvgIpc) is 2.71. The molecule has 0 aliphatic carbocycles. The number of alkyl halides is 3. The third kappa shape index (κ3) is 5.63. The second kappa shape index (κ2) is 9.37. The summed E-state index contributed by atoms with van der Waals surface area (Å²) in [5.74, 6) is -0.763. The maximum atomic E-state index is 14.4. The van der Waals surface area contributed by atoms with Crippen molar-refractivity contribution >= 4 is 11.6 Å². The van der Waals surface area contributed by atoms with E-state index in [2.05, 4.69) is 10.3 Å². The third-order valence-corrected chi connectivity index (χ3v) is 5.23. The second-order valence-corrected chi connectivity index (χ2v) is 8.37. The van der Waals surface area contributed by atoms with Crippen LogP contribution in [0.25, 0.3) is 0 Å². The molecule has 31 heavy (non-hydrogen) atoms. The number of nitrogens with one attached hydrogen (secondary N) is 1. The number of hydrogen-bond acceptors (Lipinski definition) is 2. The summed E-state index contributed by atoms with van der Waals surface area (Å²) in [5.41, 5.74) is -0.758. The highest BCUT2D eigenvalue weighted by molar-refractivity contribution is 6.30. The number of benzene rings is 2. The molecule has 2 nitrogen and oxygen atoms in total. The molecule has 0 bridgehead atoms. The van der Waals surface area contributed by atoms with E-state index in [9.17, 15) is 17.6 Å². The Labute approximate surface area is 184 Å². The van der Waals surface area contributed by atoms with Gasteiger partial charge in [0, 0.05) is 12.6 Å². The Kier molecular flexibility index (Phi) is 7.02. The first kappa shape index (κ1) is 23.2. The molecular formula is C24H23ClF4N2. The predicted octanol–water partition coefficient (Wildman–Crippen LogP) is 6.62. The lowest BCUT2D eigenvalue weighted by atomic mass is 9.79. The molecule has 3 aromatic rings. The fraction of sp³-hybridized carbons (Fsp3) is 0.292.